The van der Waals surface area contributed by atoms with Crippen LogP contribution in [-0.2, 0) is 4.74 Å². The molecule has 0 radical (unpaired) electrons. The molecule has 152 valence electrons. The number of anilines is 1. The quantitative estimate of drug-likeness (QED) is 0.379. The fraction of sp³-hybridized carbons (Fsp3) is 0.143. The lowest BCUT2D eigenvalue weighted by Gasteiger charge is -2.11. The molecule has 3 rings (SSSR count). The van der Waals surface area contributed by atoms with E-state index in [4.69, 9.17) is 17.0 Å². The minimum atomic E-state index is -0.499. The van der Waals surface area contributed by atoms with Crippen molar-refractivity contribution < 1.29 is 14.3 Å². The zero-order valence-corrected chi connectivity index (χ0v) is 19.3. The van der Waals surface area contributed by atoms with Crippen LogP contribution in [0, 0.1) is 18.3 Å². The third kappa shape index (κ3) is 4.36. The van der Waals surface area contributed by atoms with Gasteiger partial charge in [0.15, 0.2) is 5.11 Å². The Morgan fingerprint density at radius 3 is 2.63 bits per heavy atom. The first kappa shape index (κ1) is 21.9. The molecule has 2 N–H and O–H groups in total. The second-order valence-electron chi connectivity index (χ2n) is 6.14. The normalized spacial score (nSPS) is 10.3. The highest BCUT2D eigenvalue weighted by molar-refractivity contribution is 9.10. The van der Waals surface area contributed by atoms with E-state index in [9.17, 15) is 14.9 Å². The monoisotopic (exact) mass is 501 g/mol. The summed E-state index contributed by atoms with van der Waals surface area (Å²) < 4.78 is 5.91. The number of benzene rings is 2. The number of carbonyl (C=O) groups excluding carboxylic acids is 2. The Hall–Kier alpha value is -2.80. The average Bonchev–Trinajstić information content (AvgIpc) is 3.03. The van der Waals surface area contributed by atoms with Crippen LogP contribution in [0.1, 0.15) is 38.1 Å². The molecule has 0 aliphatic heterocycles. The second-order valence-corrected chi connectivity index (χ2v) is 8.42. The van der Waals surface area contributed by atoms with Crippen molar-refractivity contribution in [1.29, 1.82) is 5.26 Å². The van der Waals surface area contributed by atoms with Crippen LogP contribution in [0.3, 0.4) is 0 Å². The van der Waals surface area contributed by atoms with E-state index in [1.807, 2.05) is 24.3 Å². The van der Waals surface area contributed by atoms with Gasteiger partial charge in [0.2, 0.25) is 0 Å². The van der Waals surface area contributed by atoms with Gasteiger partial charge in [-0.1, -0.05) is 40.2 Å². The number of nitrogens with zero attached hydrogens (tertiary/aromatic N) is 1. The topological polar surface area (TPSA) is 91.2 Å². The number of esters is 1. The fourth-order valence-corrected chi connectivity index (χ4v) is 4.72. The maximum atomic E-state index is 12.8. The Kier molecular flexibility index (Phi) is 6.82. The fourth-order valence-electron chi connectivity index (χ4n) is 2.90. The van der Waals surface area contributed by atoms with Crippen molar-refractivity contribution in [2.75, 3.05) is 11.9 Å². The first-order valence-corrected chi connectivity index (χ1v) is 10.9. The van der Waals surface area contributed by atoms with Gasteiger partial charge in [-0.15, -0.1) is 11.3 Å². The number of hydrogen-bond acceptors (Lipinski definition) is 6. The van der Waals surface area contributed by atoms with Gasteiger partial charge in [0.1, 0.15) is 15.9 Å². The van der Waals surface area contributed by atoms with Gasteiger partial charge in [-0.05, 0) is 54.5 Å². The van der Waals surface area contributed by atoms with E-state index in [1.165, 1.54) is 0 Å². The molecule has 0 saturated carbocycles. The van der Waals surface area contributed by atoms with Crippen LogP contribution in [-0.4, -0.2) is 23.6 Å². The smallest absolute Gasteiger partial charge is 0.348 e. The summed E-state index contributed by atoms with van der Waals surface area (Å²) in [5, 5.41) is 17.1. The highest BCUT2D eigenvalue weighted by Crippen LogP contribution is 2.33. The molecule has 1 aromatic heterocycles. The van der Waals surface area contributed by atoms with Crippen molar-refractivity contribution in [2.24, 2.45) is 0 Å². The lowest BCUT2D eigenvalue weighted by atomic mass is 10.0. The van der Waals surface area contributed by atoms with Gasteiger partial charge in [-0.2, -0.15) is 5.26 Å². The number of fused-ring (bicyclic) bond motifs is 1. The van der Waals surface area contributed by atoms with Gasteiger partial charge in [-0.3, -0.25) is 10.1 Å². The molecule has 1 amide bonds. The Morgan fingerprint density at radius 2 is 1.93 bits per heavy atom. The van der Waals surface area contributed by atoms with Crippen molar-refractivity contribution in [2.45, 2.75) is 13.8 Å². The van der Waals surface area contributed by atoms with Crippen molar-refractivity contribution in [1.82, 2.24) is 5.32 Å². The van der Waals surface area contributed by atoms with Crippen molar-refractivity contribution in [3.8, 4) is 6.07 Å². The molecule has 0 bridgehead atoms. The molecule has 0 atom stereocenters. The summed E-state index contributed by atoms with van der Waals surface area (Å²) in [5.41, 5.74) is 1.26. The van der Waals surface area contributed by atoms with Crippen LogP contribution in [0.5, 0.6) is 0 Å². The Morgan fingerprint density at radius 1 is 1.23 bits per heavy atom. The minimum Gasteiger partial charge on any atom is -0.462 e. The number of nitriles is 1. The molecule has 0 saturated heterocycles. The first-order valence-electron chi connectivity index (χ1n) is 8.87. The van der Waals surface area contributed by atoms with Gasteiger partial charge >= 0.3 is 5.97 Å². The van der Waals surface area contributed by atoms with Gasteiger partial charge in [0, 0.05) is 10.0 Å². The highest BCUT2D eigenvalue weighted by atomic mass is 79.9. The summed E-state index contributed by atoms with van der Waals surface area (Å²) >= 11 is 9.81. The number of ether oxygens (including phenoxy) is 1. The lowest BCUT2D eigenvalue weighted by molar-refractivity contribution is 0.0531. The average molecular weight is 502 g/mol. The molecule has 9 heteroatoms. The zero-order valence-electron chi connectivity index (χ0n) is 16.0. The van der Waals surface area contributed by atoms with Crippen LogP contribution in [0.15, 0.2) is 40.9 Å². The lowest BCUT2D eigenvalue weighted by Crippen LogP contribution is -2.34. The first-order chi connectivity index (χ1) is 14.4. The van der Waals surface area contributed by atoms with Crippen LogP contribution < -0.4 is 10.6 Å². The maximum absolute atomic E-state index is 12.8. The number of nitrogens with one attached hydrogen (secondary N) is 2. The van der Waals surface area contributed by atoms with Gasteiger partial charge in [-0.25, -0.2) is 4.79 Å². The predicted octanol–water partition coefficient (Wildman–Crippen LogP) is 5.15. The highest BCUT2D eigenvalue weighted by Gasteiger charge is 2.22. The van der Waals surface area contributed by atoms with Crippen LogP contribution >= 0.6 is 39.5 Å². The number of carbonyl (C=O) groups is 2. The van der Waals surface area contributed by atoms with Gasteiger partial charge in [0.25, 0.3) is 5.91 Å². The number of hydrogen-bond donors (Lipinski definition) is 2. The Bertz CT molecular complexity index is 1210. The zero-order chi connectivity index (χ0) is 21.8. The van der Waals surface area contributed by atoms with Crippen molar-refractivity contribution in [3.05, 3.63) is 62.4 Å². The molecular weight excluding hydrogens is 486 g/mol. The molecule has 0 fully saturated rings. The van der Waals surface area contributed by atoms with E-state index in [1.54, 1.807) is 26.0 Å². The number of rotatable bonds is 4. The summed E-state index contributed by atoms with van der Waals surface area (Å²) in [6.45, 7) is 3.61. The third-order valence-corrected chi connectivity index (χ3v) is 6.37. The summed E-state index contributed by atoms with van der Waals surface area (Å²) in [6, 6.07) is 13.1. The van der Waals surface area contributed by atoms with Gasteiger partial charge < -0.3 is 10.1 Å². The SMILES string of the molecule is CCOC(=O)c1sc(NC(=S)NC(=O)c2cccc3c(Br)cccc23)c(C#N)c1C. The van der Waals surface area contributed by atoms with E-state index in [-0.39, 0.29) is 23.2 Å². The second kappa shape index (κ2) is 9.34. The van der Waals surface area contributed by atoms with Crippen LogP contribution in [0.4, 0.5) is 5.00 Å². The molecule has 6 nitrogen and oxygen atoms in total. The molecule has 0 spiro atoms. The molecule has 0 aliphatic carbocycles. The van der Waals surface area contributed by atoms with E-state index in [0.717, 1.165) is 26.6 Å². The third-order valence-electron chi connectivity index (χ3n) is 4.29. The standard InChI is InChI=1S/C21H16BrN3O3S2/c1-3-28-20(27)17-11(2)15(10-23)19(30-17)25-21(29)24-18(26)14-8-4-7-13-12(14)6-5-9-16(13)22/h4-9H,3H2,1-2H3,(H2,24,25,26,29). The minimum absolute atomic E-state index is 0.0279. The van der Waals surface area contributed by atoms with E-state index in [0.29, 0.717) is 21.0 Å². The Balaban J connectivity index is 1.82. The summed E-state index contributed by atoms with van der Waals surface area (Å²) in [7, 11) is 0. The predicted molar refractivity (Wildman–Crippen MR) is 125 cm³/mol. The molecule has 3 aromatic rings. The van der Waals surface area contributed by atoms with Crippen LogP contribution in [0.25, 0.3) is 10.8 Å². The number of thiocarbonyl (C=S) groups is 1. The van der Waals surface area contributed by atoms with E-state index in [2.05, 4.69) is 32.6 Å². The summed E-state index contributed by atoms with van der Waals surface area (Å²) in [4.78, 5) is 25.2. The molecular formula is C21H16BrN3O3S2. The van der Waals surface area contributed by atoms with E-state index < -0.39 is 5.97 Å². The summed E-state index contributed by atoms with van der Waals surface area (Å²) in [6.07, 6.45) is 0. The molecule has 0 aliphatic rings. The largest absolute Gasteiger partial charge is 0.462 e. The van der Waals surface area contributed by atoms with Crippen molar-refractivity contribution in [3.63, 3.8) is 0 Å². The number of halogens is 1. The molecule has 2 aromatic carbocycles. The molecule has 1 heterocycles. The Labute approximate surface area is 191 Å². The van der Waals surface area contributed by atoms with Crippen molar-refractivity contribution >= 4 is 72.2 Å². The number of amides is 1. The molecule has 30 heavy (non-hydrogen) atoms. The number of thiophene rings is 1. The van der Waals surface area contributed by atoms with Crippen LogP contribution in [0.2, 0.25) is 0 Å². The molecule has 0 unspecified atom stereocenters. The summed E-state index contributed by atoms with van der Waals surface area (Å²) in [5.74, 6) is -0.880. The van der Waals surface area contributed by atoms with Gasteiger partial charge in [0.05, 0.1) is 12.2 Å². The van der Waals surface area contributed by atoms with E-state index >= 15 is 0 Å². The maximum Gasteiger partial charge on any atom is 0.348 e.